The number of ether oxygens (including phenoxy) is 2. The number of halogens is 3. The van der Waals surface area contributed by atoms with Gasteiger partial charge in [-0.25, -0.2) is 9.59 Å². The van der Waals surface area contributed by atoms with Crippen molar-refractivity contribution in [1.29, 1.82) is 0 Å². The molecule has 8 N–H and O–H groups in total. The number of hydrogen-bond donors (Lipinski definition) is 7. The minimum absolute atomic E-state index is 0.0425. The second kappa shape index (κ2) is 21.7. The molecule has 3 aromatic carbocycles. The molecule has 0 saturated heterocycles. The van der Waals surface area contributed by atoms with Gasteiger partial charge in [0.25, 0.3) is 0 Å². The molecule has 0 aliphatic rings. The average Bonchev–Trinajstić information content (AvgIpc) is 3.02. The third kappa shape index (κ3) is 19.1. The first kappa shape index (κ1) is 45.4. The summed E-state index contributed by atoms with van der Waals surface area (Å²) in [4.78, 5) is 56.7. The van der Waals surface area contributed by atoms with Gasteiger partial charge in [0.2, 0.25) is 11.8 Å². The van der Waals surface area contributed by atoms with E-state index in [1.54, 1.807) is 77.9 Å². The lowest BCUT2D eigenvalue weighted by molar-refractivity contribution is -0.116. The first-order valence-electron chi connectivity index (χ1n) is 15.5. The molecule has 0 atom stereocenters. The van der Waals surface area contributed by atoms with Gasteiger partial charge in [-0.2, -0.15) is 0 Å². The summed E-state index contributed by atoms with van der Waals surface area (Å²) in [5, 5.41) is 28.6. The monoisotopic (exact) mass is 783 g/mol. The van der Waals surface area contributed by atoms with E-state index in [4.69, 9.17) is 60.2 Å². The Morgan fingerprint density at radius 3 is 1.44 bits per heavy atom. The molecule has 3 rings (SSSR count). The summed E-state index contributed by atoms with van der Waals surface area (Å²) in [6.07, 6.45) is -0.712. The van der Waals surface area contributed by atoms with Gasteiger partial charge in [0.05, 0.1) is 18.2 Å². The lowest BCUT2D eigenvalue weighted by Gasteiger charge is -2.19. The van der Waals surface area contributed by atoms with Crippen LogP contribution in [0.5, 0.6) is 0 Å². The van der Waals surface area contributed by atoms with Crippen molar-refractivity contribution in [2.45, 2.75) is 66.0 Å². The number of rotatable bonds is 9. The van der Waals surface area contributed by atoms with E-state index in [1.807, 2.05) is 0 Å². The first-order chi connectivity index (χ1) is 24.2. The van der Waals surface area contributed by atoms with Crippen molar-refractivity contribution in [3.8, 4) is 0 Å². The minimum atomic E-state index is -0.674. The molecule has 0 aliphatic carbocycles. The fourth-order valence-corrected chi connectivity index (χ4v) is 4.20. The lowest BCUT2D eigenvalue weighted by atomic mass is 10.2. The van der Waals surface area contributed by atoms with Crippen molar-refractivity contribution in [2.24, 2.45) is 0 Å². The van der Waals surface area contributed by atoms with Crippen LogP contribution in [-0.4, -0.2) is 64.8 Å². The van der Waals surface area contributed by atoms with Gasteiger partial charge in [0.1, 0.15) is 24.3 Å². The van der Waals surface area contributed by atoms with Gasteiger partial charge in [0, 0.05) is 32.7 Å². The number of amides is 4. The van der Waals surface area contributed by atoms with Crippen LogP contribution in [0.2, 0.25) is 15.1 Å². The number of carbonyl (C=O) groups excluding carboxylic acids is 5. The predicted octanol–water partition coefficient (Wildman–Crippen LogP) is 6.33. The van der Waals surface area contributed by atoms with Gasteiger partial charge in [-0.15, -0.1) is 0 Å². The van der Waals surface area contributed by atoms with Crippen molar-refractivity contribution in [1.82, 2.24) is 10.6 Å². The zero-order chi connectivity index (χ0) is 39.6. The quantitative estimate of drug-likeness (QED) is 0.0945. The first-order valence-corrected chi connectivity index (χ1v) is 16.6. The molecule has 0 fully saturated rings. The number of anilines is 3. The number of benzene rings is 3. The van der Waals surface area contributed by atoms with Crippen molar-refractivity contribution in [3.63, 3.8) is 0 Å². The van der Waals surface area contributed by atoms with Crippen molar-refractivity contribution in [3.05, 3.63) is 86.4 Å². The SMILES string of the molecule is CC(C)(C)OC(=O)NCC(=O)Nc1ccc(C=O)c(Cl)c1.CC(C)(C)OC(=O)NCC(=O)Nc1ccc(CO)c(Cl)c1.Nc1ccc(CO)c(Cl)c1. The molecule has 0 unspecified atom stereocenters. The third-order valence-corrected chi connectivity index (χ3v) is 6.78. The van der Waals surface area contributed by atoms with Crippen LogP contribution in [0.1, 0.15) is 63.0 Å². The summed E-state index contributed by atoms with van der Waals surface area (Å²) in [6.45, 7) is 9.71. The Morgan fingerprint density at radius 2 is 1.08 bits per heavy atom. The highest BCUT2D eigenvalue weighted by atomic mass is 35.5. The Hall–Kier alpha value is -4.60. The van der Waals surface area contributed by atoms with E-state index >= 15 is 0 Å². The van der Waals surface area contributed by atoms with E-state index in [2.05, 4.69) is 21.3 Å². The molecule has 0 radical (unpaired) electrons. The van der Waals surface area contributed by atoms with Gasteiger partial charge >= 0.3 is 12.2 Å². The van der Waals surface area contributed by atoms with E-state index in [1.165, 1.54) is 18.2 Å². The fourth-order valence-electron chi connectivity index (χ4n) is 3.49. The predicted molar refractivity (Wildman–Crippen MR) is 202 cm³/mol. The van der Waals surface area contributed by atoms with Crippen LogP contribution in [0.4, 0.5) is 26.7 Å². The molecule has 0 heterocycles. The maximum atomic E-state index is 11.7. The zero-order valence-electron chi connectivity index (χ0n) is 29.6. The van der Waals surface area contributed by atoms with E-state index in [0.29, 0.717) is 50.1 Å². The van der Waals surface area contributed by atoms with Gasteiger partial charge in [-0.3, -0.25) is 14.4 Å². The minimum Gasteiger partial charge on any atom is -0.444 e. The summed E-state index contributed by atoms with van der Waals surface area (Å²) in [6, 6.07) is 14.3. The third-order valence-electron chi connectivity index (χ3n) is 5.75. The number of carbonyl (C=O) groups is 5. The van der Waals surface area contributed by atoms with Crippen LogP contribution in [0.25, 0.3) is 0 Å². The Labute approximate surface area is 317 Å². The lowest BCUT2D eigenvalue weighted by Crippen LogP contribution is -2.37. The van der Waals surface area contributed by atoms with E-state index in [9.17, 15) is 24.0 Å². The summed E-state index contributed by atoms with van der Waals surface area (Å²) in [7, 11) is 0. The smallest absolute Gasteiger partial charge is 0.408 e. The number of aliphatic hydroxyl groups excluding tert-OH is 2. The molecule has 0 aromatic heterocycles. The second-order valence-electron chi connectivity index (χ2n) is 12.6. The largest absolute Gasteiger partial charge is 0.444 e. The molecule has 0 bridgehead atoms. The molecular weight excluding hydrogens is 741 g/mol. The normalized spacial score (nSPS) is 10.6. The second-order valence-corrected chi connectivity index (χ2v) is 13.9. The highest BCUT2D eigenvalue weighted by molar-refractivity contribution is 6.33. The van der Waals surface area contributed by atoms with Gasteiger partial charge < -0.3 is 46.7 Å². The van der Waals surface area contributed by atoms with Crippen LogP contribution in [0.15, 0.2) is 54.6 Å². The van der Waals surface area contributed by atoms with E-state index in [-0.39, 0.29) is 31.3 Å². The number of nitrogen functional groups attached to an aromatic ring is 1. The number of nitrogens with two attached hydrogens (primary N) is 1. The van der Waals surface area contributed by atoms with Gasteiger partial charge in [0.15, 0.2) is 6.29 Å². The van der Waals surface area contributed by atoms with Crippen molar-refractivity contribution >= 4 is 82.2 Å². The number of nitrogens with one attached hydrogen (secondary N) is 4. The summed E-state index contributed by atoms with van der Waals surface area (Å²) in [5.41, 5.74) is 7.31. The van der Waals surface area contributed by atoms with Crippen molar-refractivity contribution in [2.75, 3.05) is 29.5 Å². The Bertz CT molecular complexity index is 1690. The fraction of sp³-hybridized carbons (Fsp3) is 0.343. The average molecular weight is 785 g/mol. The van der Waals surface area contributed by atoms with Crippen molar-refractivity contribution < 1.29 is 43.7 Å². The van der Waals surface area contributed by atoms with E-state index < -0.39 is 35.2 Å². The summed E-state index contributed by atoms with van der Waals surface area (Å²) < 4.78 is 10.0. The molecule has 0 saturated carbocycles. The van der Waals surface area contributed by atoms with Crippen LogP contribution < -0.4 is 27.0 Å². The molecule has 4 amide bonds. The maximum absolute atomic E-state index is 11.7. The zero-order valence-corrected chi connectivity index (χ0v) is 31.8. The van der Waals surface area contributed by atoms with Crippen LogP contribution in [0.3, 0.4) is 0 Å². The van der Waals surface area contributed by atoms with Gasteiger partial charge in [-0.1, -0.05) is 46.9 Å². The Balaban J connectivity index is 0.000000414. The molecular formula is C35H44Cl3N5O9. The number of alkyl carbamates (subject to hydrolysis) is 2. The number of aliphatic hydroxyl groups is 2. The molecule has 3 aromatic rings. The van der Waals surface area contributed by atoms with Crippen LogP contribution in [0, 0.1) is 0 Å². The molecule has 0 spiro atoms. The molecule has 284 valence electrons. The Kier molecular flexibility index (Phi) is 18.9. The molecule has 0 aliphatic heterocycles. The Morgan fingerprint density at radius 1 is 0.673 bits per heavy atom. The van der Waals surface area contributed by atoms with E-state index in [0.717, 1.165) is 0 Å². The topological polar surface area (TPSA) is 218 Å². The molecule has 17 heteroatoms. The highest BCUT2D eigenvalue weighted by Gasteiger charge is 2.18. The van der Waals surface area contributed by atoms with Crippen LogP contribution in [-0.2, 0) is 32.3 Å². The summed E-state index contributed by atoms with van der Waals surface area (Å²) >= 11 is 17.4. The molecule has 14 nitrogen and oxygen atoms in total. The summed E-state index contributed by atoms with van der Waals surface area (Å²) in [5.74, 6) is -0.843. The number of hydrogen-bond acceptors (Lipinski definition) is 10. The highest BCUT2D eigenvalue weighted by Crippen LogP contribution is 2.22. The molecule has 52 heavy (non-hydrogen) atoms. The maximum Gasteiger partial charge on any atom is 0.408 e. The standard InChI is InChI=1S/C14H19ClN2O4.C14H17ClN2O4.C7H8ClNO/c2*1-14(2,3)21-13(20)16-7-12(19)17-10-5-4-9(8-18)11(15)6-10;8-7-3-6(9)2-1-5(7)4-10/h4-6,18H,7-8H2,1-3H3,(H,16,20)(H,17,19);4-6,8H,7H2,1-3H3,(H,16,20)(H,17,19);1-3,10H,4,9H2. The number of aldehydes is 1. The van der Waals surface area contributed by atoms with Gasteiger partial charge in [-0.05, 0) is 95.1 Å². The van der Waals surface area contributed by atoms with Crippen LogP contribution >= 0.6 is 34.8 Å².